The number of rotatable bonds is 5. The van der Waals surface area contributed by atoms with Crippen LogP contribution in [0.1, 0.15) is 52.7 Å². The van der Waals surface area contributed by atoms with Gasteiger partial charge in [0.05, 0.1) is 6.42 Å². The third kappa shape index (κ3) is 4.31. The van der Waals surface area contributed by atoms with Crippen LogP contribution in [0.3, 0.4) is 0 Å². The lowest BCUT2D eigenvalue weighted by atomic mass is 9.95. The van der Waals surface area contributed by atoms with Crippen molar-refractivity contribution in [2.24, 2.45) is 0 Å². The highest BCUT2D eigenvalue weighted by Gasteiger charge is 2.30. The molecule has 1 heterocycles. The molecule has 136 valence electrons. The summed E-state index contributed by atoms with van der Waals surface area (Å²) < 4.78 is 0. The van der Waals surface area contributed by atoms with Crippen LogP contribution < -0.4 is 0 Å². The second kappa shape index (κ2) is 8.17. The van der Waals surface area contributed by atoms with Crippen molar-refractivity contribution in [1.82, 2.24) is 4.90 Å². The molecule has 0 aliphatic carbocycles. The first-order valence-electron chi connectivity index (χ1n) is 9.21. The van der Waals surface area contributed by atoms with Gasteiger partial charge in [-0.05, 0) is 49.8 Å². The van der Waals surface area contributed by atoms with E-state index in [2.05, 4.69) is 31.2 Å². The van der Waals surface area contributed by atoms with Gasteiger partial charge in [-0.25, -0.2) is 0 Å². The average Bonchev–Trinajstić information content (AvgIpc) is 2.63. The number of hydrogen-bond acceptors (Lipinski definition) is 2. The molecule has 0 unspecified atom stereocenters. The summed E-state index contributed by atoms with van der Waals surface area (Å²) >= 11 is 0. The zero-order valence-corrected chi connectivity index (χ0v) is 15.1. The van der Waals surface area contributed by atoms with Gasteiger partial charge in [0, 0.05) is 18.2 Å². The van der Waals surface area contributed by atoms with E-state index in [1.54, 1.807) is 4.90 Å². The van der Waals surface area contributed by atoms with Gasteiger partial charge in [-0.15, -0.1) is 0 Å². The summed E-state index contributed by atoms with van der Waals surface area (Å²) in [5.41, 5.74) is 4.05. The predicted octanol–water partition coefficient (Wildman–Crippen LogP) is 4.06. The smallest absolute Gasteiger partial charge is 0.305 e. The van der Waals surface area contributed by atoms with Crippen molar-refractivity contribution in [2.75, 3.05) is 6.54 Å². The molecule has 1 atom stereocenters. The van der Waals surface area contributed by atoms with Crippen molar-refractivity contribution in [1.29, 1.82) is 0 Å². The van der Waals surface area contributed by atoms with Crippen molar-refractivity contribution in [3.63, 3.8) is 0 Å². The van der Waals surface area contributed by atoms with Crippen molar-refractivity contribution in [2.45, 2.75) is 45.1 Å². The van der Waals surface area contributed by atoms with Crippen LogP contribution in [-0.4, -0.2) is 34.5 Å². The van der Waals surface area contributed by atoms with E-state index in [1.807, 2.05) is 24.3 Å². The quantitative estimate of drug-likeness (QED) is 0.884. The normalized spacial score (nSPS) is 17.1. The molecule has 2 aromatic rings. The number of amides is 1. The van der Waals surface area contributed by atoms with E-state index in [0.717, 1.165) is 30.4 Å². The van der Waals surface area contributed by atoms with Gasteiger partial charge < -0.3 is 10.0 Å². The van der Waals surface area contributed by atoms with E-state index >= 15 is 0 Å². The highest BCUT2D eigenvalue weighted by molar-refractivity contribution is 5.96. The number of piperidine rings is 1. The number of nitrogens with zero attached hydrogens (tertiary/aromatic N) is 1. The average molecular weight is 351 g/mol. The third-order valence-electron chi connectivity index (χ3n) is 5.06. The standard InChI is InChI=1S/C22H25NO3/c1-16-9-11-17(12-10-16)14-18-6-2-3-8-20(18)22(26)23-13-5-4-7-19(23)15-21(24)25/h2-3,6,8-12,19H,4-5,7,13-15H2,1H3,(H,24,25)/t19-/m0/s1. The Labute approximate surface area is 154 Å². The second-order valence-electron chi connectivity index (χ2n) is 7.07. The molecular weight excluding hydrogens is 326 g/mol. The first-order chi connectivity index (χ1) is 12.5. The van der Waals surface area contributed by atoms with Crippen LogP contribution in [0.4, 0.5) is 0 Å². The molecule has 4 heteroatoms. The summed E-state index contributed by atoms with van der Waals surface area (Å²) in [6, 6.07) is 15.8. The zero-order chi connectivity index (χ0) is 18.5. The number of aliphatic carboxylic acids is 1. The van der Waals surface area contributed by atoms with Gasteiger partial charge in [-0.1, -0.05) is 48.0 Å². The third-order valence-corrected chi connectivity index (χ3v) is 5.06. The van der Waals surface area contributed by atoms with Gasteiger partial charge in [0.25, 0.3) is 5.91 Å². The van der Waals surface area contributed by atoms with Crippen LogP contribution in [0.2, 0.25) is 0 Å². The van der Waals surface area contributed by atoms with Crippen LogP contribution in [0, 0.1) is 6.92 Å². The molecule has 0 radical (unpaired) electrons. The number of carbonyl (C=O) groups excluding carboxylic acids is 1. The Kier molecular flexibility index (Phi) is 5.71. The fourth-order valence-corrected chi connectivity index (χ4v) is 3.65. The van der Waals surface area contributed by atoms with E-state index in [9.17, 15) is 9.59 Å². The molecule has 1 fully saturated rings. The van der Waals surface area contributed by atoms with Gasteiger partial charge in [-0.3, -0.25) is 9.59 Å². The Balaban J connectivity index is 1.84. The van der Waals surface area contributed by atoms with Crippen molar-refractivity contribution < 1.29 is 14.7 Å². The van der Waals surface area contributed by atoms with E-state index in [1.165, 1.54) is 5.56 Å². The van der Waals surface area contributed by atoms with E-state index in [0.29, 0.717) is 18.5 Å². The second-order valence-corrected chi connectivity index (χ2v) is 7.07. The number of carboxylic acids is 1. The molecule has 0 saturated carbocycles. The fourth-order valence-electron chi connectivity index (χ4n) is 3.65. The highest BCUT2D eigenvalue weighted by atomic mass is 16.4. The Morgan fingerprint density at radius 1 is 1.08 bits per heavy atom. The molecule has 1 aliphatic heterocycles. The summed E-state index contributed by atoms with van der Waals surface area (Å²) in [5.74, 6) is -0.888. The number of hydrogen-bond donors (Lipinski definition) is 1. The summed E-state index contributed by atoms with van der Waals surface area (Å²) in [5, 5.41) is 9.17. The SMILES string of the molecule is Cc1ccc(Cc2ccccc2C(=O)N2CCCC[C@H]2CC(=O)O)cc1. The van der Waals surface area contributed by atoms with Crippen LogP contribution >= 0.6 is 0 Å². The minimum Gasteiger partial charge on any atom is -0.481 e. The first-order valence-corrected chi connectivity index (χ1v) is 9.21. The van der Waals surface area contributed by atoms with Gasteiger partial charge in [0.15, 0.2) is 0 Å². The number of likely N-dealkylation sites (tertiary alicyclic amines) is 1. The highest BCUT2D eigenvalue weighted by Crippen LogP contribution is 2.24. The molecule has 4 nitrogen and oxygen atoms in total. The topological polar surface area (TPSA) is 57.6 Å². The summed E-state index contributed by atoms with van der Waals surface area (Å²) in [4.78, 5) is 26.1. The van der Waals surface area contributed by atoms with Crippen LogP contribution in [-0.2, 0) is 11.2 Å². The molecule has 1 aliphatic rings. The molecule has 26 heavy (non-hydrogen) atoms. The van der Waals surface area contributed by atoms with E-state index in [4.69, 9.17) is 5.11 Å². The Morgan fingerprint density at radius 3 is 2.54 bits per heavy atom. The lowest BCUT2D eigenvalue weighted by molar-refractivity contribution is -0.138. The monoisotopic (exact) mass is 351 g/mol. The Bertz CT molecular complexity index is 782. The van der Waals surface area contributed by atoms with Gasteiger partial charge in [0.1, 0.15) is 0 Å². The number of benzene rings is 2. The molecule has 1 amide bonds. The summed E-state index contributed by atoms with van der Waals surface area (Å²) in [7, 11) is 0. The molecule has 0 spiro atoms. The van der Waals surface area contributed by atoms with Crippen molar-refractivity contribution in [3.8, 4) is 0 Å². The molecule has 2 aromatic carbocycles. The summed E-state index contributed by atoms with van der Waals surface area (Å²) in [6.45, 7) is 2.69. The number of carbonyl (C=O) groups is 2. The van der Waals surface area contributed by atoms with Crippen LogP contribution in [0.15, 0.2) is 48.5 Å². The molecule has 0 aromatic heterocycles. The minimum absolute atomic E-state index is 0.0197. The molecule has 0 bridgehead atoms. The van der Waals surface area contributed by atoms with Crippen molar-refractivity contribution >= 4 is 11.9 Å². The maximum atomic E-state index is 13.2. The van der Waals surface area contributed by atoms with Gasteiger partial charge in [0.2, 0.25) is 0 Å². The predicted molar refractivity (Wildman–Crippen MR) is 101 cm³/mol. The van der Waals surface area contributed by atoms with E-state index < -0.39 is 5.97 Å². The molecular formula is C22H25NO3. The van der Waals surface area contributed by atoms with Gasteiger partial charge >= 0.3 is 5.97 Å². The minimum atomic E-state index is -0.845. The summed E-state index contributed by atoms with van der Waals surface area (Å²) in [6.07, 6.45) is 3.39. The zero-order valence-electron chi connectivity index (χ0n) is 15.1. The number of aryl methyl sites for hydroxylation is 1. The fraction of sp³-hybridized carbons (Fsp3) is 0.364. The Morgan fingerprint density at radius 2 is 1.81 bits per heavy atom. The van der Waals surface area contributed by atoms with Crippen LogP contribution in [0.25, 0.3) is 0 Å². The maximum absolute atomic E-state index is 13.2. The lowest BCUT2D eigenvalue weighted by Gasteiger charge is -2.35. The van der Waals surface area contributed by atoms with Crippen LogP contribution in [0.5, 0.6) is 0 Å². The van der Waals surface area contributed by atoms with Gasteiger partial charge in [-0.2, -0.15) is 0 Å². The molecule has 1 saturated heterocycles. The molecule has 3 rings (SSSR count). The van der Waals surface area contributed by atoms with Crippen molar-refractivity contribution in [3.05, 3.63) is 70.8 Å². The Hall–Kier alpha value is -2.62. The maximum Gasteiger partial charge on any atom is 0.305 e. The first kappa shape index (κ1) is 18.2. The largest absolute Gasteiger partial charge is 0.481 e. The lowest BCUT2D eigenvalue weighted by Crippen LogP contribution is -2.45. The molecule has 1 N–H and O–H groups in total. The van der Waals surface area contributed by atoms with E-state index in [-0.39, 0.29) is 18.4 Å². The number of carboxylic acid groups (broad SMARTS) is 1.